The lowest BCUT2D eigenvalue weighted by Gasteiger charge is -2.13. The van der Waals surface area contributed by atoms with E-state index < -0.39 is 23.5 Å². The van der Waals surface area contributed by atoms with Gasteiger partial charge in [0.25, 0.3) is 0 Å². The van der Waals surface area contributed by atoms with Gasteiger partial charge in [-0.05, 0) is 31.0 Å². The molecule has 0 unspecified atom stereocenters. The summed E-state index contributed by atoms with van der Waals surface area (Å²) in [7, 11) is 0. The zero-order chi connectivity index (χ0) is 16.8. The predicted octanol–water partition coefficient (Wildman–Crippen LogP) is 3.93. The summed E-state index contributed by atoms with van der Waals surface area (Å²) in [5, 5.41) is 8.53. The van der Waals surface area contributed by atoms with E-state index in [-0.39, 0.29) is 37.2 Å². The van der Waals surface area contributed by atoms with Crippen LogP contribution in [0.15, 0.2) is 18.2 Å². The number of alkyl halides is 3. The van der Waals surface area contributed by atoms with Gasteiger partial charge in [0.15, 0.2) is 5.78 Å². The van der Waals surface area contributed by atoms with Crippen LogP contribution in [0.1, 0.15) is 48.5 Å². The average Bonchev–Trinajstić information content (AvgIpc) is 2.43. The van der Waals surface area contributed by atoms with Gasteiger partial charge < -0.3 is 9.84 Å². The lowest BCUT2D eigenvalue weighted by molar-refractivity contribution is -0.138. The Labute approximate surface area is 125 Å². The topological polar surface area (TPSA) is 63.6 Å². The molecule has 0 saturated heterocycles. The van der Waals surface area contributed by atoms with E-state index in [1.54, 1.807) is 0 Å². The van der Waals surface area contributed by atoms with E-state index in [9.17, 15) is 22.8 Å². The quantitative estimate of drug-likeness (QED) is 0.738. The van der Waals surface area contributed by atoms with Crippen LogP contribution in [0.4, 0.5) is 13.2 Å². The van der Waals surface area contributed by atoms with Crippen molar-refractivity contribution in [3.05, 3.63) is 29.3 Å². The molecule has 0 atom stereocenters. The molecular weight excluding hydrogens is 301 g/mol. The molecule has 0 aliphatic carbocycles. The summed E-state index contributed by atoms with van der Waals surface area (Å²) in [6.45, 7) is 2.11. The van der Waals surface area contributed by atoms with Gasteiger partial charge >= 0.3 is 12.1 Å². The fourth-order valence-electron chi connectivity index (χ4n) is 1.80. The third kappa shape index (κ3) is 5.38. The highest BCUT2D eigenvalue weighted by molar-refractivity contribution is 5.99. The van der Waals surface area contributed by atoms with Gasteiger partial charge in [-0.15, -0.1) is 0 Å². The molecule has 122 valence electrons. The molecule has 1 aromatic carbocycles. The Balaban J connectivity index is 2.99. The number of hydrogen-bond donors (Lipinski definition) is 1. The maximum absolute atomic E-state index is 12.7. The van der Waals surface area contributed by atoms with Crippen LogP contribution < -0.4 is 4.74 Å². The number of aliphatic carboxylic acids is 1. The second-order valence-electron chi connectivity index (χ2n) is 4.73. The molecule has 0 saturated carbocycles. The lowest BCUT2D eigenvalue weighted by Crippen LogP contribution is -2.10. The van der Waals surface area contributed by atoms with Crippen molar-refractivity contribution in [3.8, 4) is 5.75 Å². The number of ketones is 1. The zero-order valence-electron chi connectivity index (χ0n) is 12.1. The number of carboxylic acid groups (broad SMARTS) is 1. The average molecular weight is 318 g/mol. The second-order valence-corrected chi connectivity index (χ2v) is 4.73. The highest BCUT2D eigenvalue weighted by Crippen LogP contribution is 2.33. The first-order valence-electron chi connectivity index (χ1n) is 6.84. The Morgan fingerprint density at radius 2 is 1.91 bits per heavy atom. The Kier molecular flexibility index (Phi) is 6.39. The molecule has 0 bridgehead atoms. The fourth-order valence-corrected chi connectivity index (χ4v) is 1.80. The van der Waals surface area contributed by atoms with Gasteiger partial charge in [0.1, 0.15) is 5.75 Å². The van der Waals surface area contributed by atoms with Crippen molar-refractivity contribution in [1.82, 2.24) is 0 Å². The van der Waals surface area contributed by atoms with E-state index in [2.05, 4.69) is 0 Å². The van der Waals surface area contributed by atoms with Crippen molar-refractivity contribution in [3.63, 3.8) is 0 Å². The number of Topliss-reactive ketones (excluding diaryl/α,β-unsaturated/α-hetero) is 1. The highest BCUT2D eigenvalue weighted by atomic mass is 19.4. The molecule has 0 aliphatic heterocycles. The van der Waals surface area contributed by atoms with Gasteiger partial charge in [-0.25, -0.2) is 0 Å². The first-order chi connectivity index (χ1) is 10.3. The first kappa shape index (κ1) is 18.0. The Bertz CT molecular complexity index is 538. The Hall–Kier alpha value is -2.05. The number of benzene rings is 1. The van der Waals surface area contributed by atoms with Crippen LogP contribution in [0.5, 0.6) is 5.75 Å². The molecule has 1 N–H and O–H groups in total. The van der Waals surface area contributed by atoms with E-state index in [4.69, 9.17) is 9.84 Å². The molecular formula is C15H17F3O4. The Morgan fingerprint density at radius 1 is 1.23 bits per heavy atom. The maximum Gasteiger partial charge on any atom is 0.416 e. The largest absolute Gasteiger partial charge is 0.493 e. The van der Waals surface area contributed by atoms with Gasteiger partial charge in [0.2, 0.25) is 0 Å². The summed E-state index contributed by atoms with van der Waals surface area (Å²) < 4.78 is 43.5. The monoisotopic (exact) mass is 318 g/mol. The molecule has 0 aromatic heterocycles. The highest BCUT2D eigenvalue weighted by Gasteiger charge is 2.32. The molecule has 7 heteroatoms. The van der Waals surface area contributed by atoms with Gasteiger partial charge in [-0.1, -0.05) is 6.92 Å². The van der Waals surface area contributed by atoms with Crippen molar-refractivity contribution >= 4 is 11.8 Å². The molecule has 0 heterocycles. The summed E-state index contributed by atoms with van der Waals surface area (Å²) in [5.41, 5.74) is -1.09. The van der Waals surface area contributed by atoms with Gasteiger partial charge in [-0.2, -0.15) is 13.2 Å². The number of hydrogen-bond acceptors (Lipinski definition) is 3. The van der Waals surface area contributed by atoms with Crippen LogP contribution >= 0.6 is 0 Å². The molecule has 1 aromatic rings. The normalized spacial score (nSPS) is 11.3. The van der Waals surface area contributed by atoms with Gasteiger partial charge in [-0.3, -0.25) is 9.59 Å². The number of carbonyl (C=O) groups is 2. The van der Waals surface area contributed by atoms with Crippen molar-refractivity contribution in [1.29, 1.82) is 0 Å². The third-order valence-electron chi connectivity index (χ3n) is 2.86. The Morgan fingerprint density at radius 3 is 2.45 bits per heavy atom. The summed E-state index contributed by atoms with van der Waals surface area (Å²) >= 11 is 0. The summed E-state index contributed by atoms with van der Waals surface area (Å²) in [4.78, 5) is 22.5. The van der Waals surface area contributed by atoms with E-state index >= 15 is 0 Å². The number of carboxylic acids is 1. The van der Waals surface area contributed by atoms with Crippen molar-refractivity contribution in [2.24, 2.45) is 0 Å². The number of carbonyl (C=O) groups excluding carboxylic acids is 1. The van der Waals surface area contributed by atoms with Crippen LogP contribution in [-0.4, -0.2) is 23.5 Å². The zero-order valence-corrected chi connectivity index (χ0v) is 12.1. The molecule has 1 rings (SSSR count). The number of ether oxygens (including phenoxy) is 1. The molecule has 0 radical (unpaired) electrons. The van der Waals surface area contributed by atoms with E-state index in [1.807, 2.05) is 6.92 Å². The smallest absolute Gasteiger partial charge is 0.416 e. The van der Waals surface area contributed by atoms with E-state index in [0.717, 1.165) is 18.2 Å². The second kappa shape index (κ2) is 7.82. The fraction of sp³-hybridized carbons (Fsp3) is 0.467. The van der Waals surface area contributed by atoms with Crippen molar-refractivity contribution < 1.29 is 32.6 Å². The van der Waals surface area contributed by atoms with Crippen molar-refractivity contribution in [2.75, 3.05) is 6.61 Å². The summed E-state index contributed by atoms with van der Waals surface area (Å²) in [5.74, 6) is -1.52. The number of halogens is 3. The lowest BCUT2D eigenvalue weighted by atomic mass is 10.0. The standard InChI is InChI=1S/C15H17F3O4/c1-2-8-22-13-7-6-10(15(16,17)18)9-11(13)12(19)4-3-5-14(20)21/h6-7,9H,2-5,8H2,1H3,(H,20,21). The molecule has 4 nitrogen and oxygen atoms in total. The predicted molar refractivity (Wildman–Crippen MR) is 73.0 cm³/mol. The maximum atomic E-state index is 12.7. The van der Waals surface area contributed by atoms with Crippen LogP contribution in [0.25, 0.3) is 0 Å². The van der Waals surface area contributed by atoms with E-state index in [1.165, 1.54) is 0 Å². The SMILES string of the molecule is CCCOc1ccc(C(F)(F)F)cc1C(=O)CCCC(=O)O. The van der Waals surface area contributed by atoms with Crippen LogP contribution in [-0.2, 0) is 11.0 Å². The van der Waals surface area contributed by atoms with Crippen LogP contribution in [0.2, 0.25) is 0 Å². The molecule has 0 amide bonds. The van der Waals surface area contributed by atoms with Crippen molar-refractivity contribution in [2.45, 2.75) is 38.8 Å². The minimum Gasteiger partial charge on any atom is -0.493 e. The summed E-state index contributed by atoms with van der Waals surface area (Å²) in [6, 6.07) is 2.75. The van der Waals surface area contributed by atoms with Crippen LogP contribution in [0.3, 0.4) is 0 Å². The van der Waals surface area contributed by atoms with E-state index in [0.29, 0.717) is 6.42 Å². The number of rotatable bonds is 8. The molecule has 0 aliphatic rings. The molecule has 0 spiro atoms. The molecule has 0 fully saturated rings. The van der Waals surface area contributed by atoms with Crippen LogP contribution in [0, 0.1) is 0 Å². The van der Waals surface area contributed by atoms with Gasteiger partial charge in [0, 0.05) is 12.8 Å². The van der Waals surface area contributed by atoms with Gasteiger partial charge in [0.05, 0.1) is 17.7 Å². The summed E-state index contributed by atoms with van der Waals surface area (Å²) in [6.07, 6.45) is -4.20. The third-order valence-corrected chi connectivity index (χ3v) is 2.86. The minimum atomic E-state index is -4.56. The first-order valence-corrected chi connectivity index (χ1v) is 6.84. The molecule has 22 heavy (non-hydrogen) atoms. The minimum absolute atomic E-state index is 0.0671.